The number of unbranched alkanes of at least 4 members (excludes halogenated alkanes) is 1. The Bertz CT molecular complexity index is 338. The molecule has 0 radical (unpaired) electrons. The zero-order valence-electron chi connectivity index (χ0n) is 11.8. The van der Waals surface area contributed by atoms with E-state index in [0.29, 0.717) is 13.2 Å². The highest BCUT2D eigenvalue weighted by atomic mass is 16.5. The van der Waals surface area contributed by atoms with E-state index in [1.807, 2.05) is 31.2 Å². The molecule has 4 heteroatoms. The minimum atomic E-state index is -0.593. The van der Waals surface area contributed by atoms with Crippen LogP contribution in [0.25, 0.3) is 0 Å². The molecule has 0 bridgehead atoms. The van der Waals surface area contributed by atoms with Crippen LogP contribution in [0.2, 0.25) is 0 Å². The van der Waals surface area contributed by atoms with Crippen molar-refractivity contribution >= 4 is 0 Å². The van der Waals surface area contributed by atoms with Gasteiger partial charge in [-0.2, -0.15) is 0 Å². The number of benzene rings is 1. The Balaban J connectivity index is 2.24. The number of hydrogen-bond donors (Lipinski definition) is 2. The quantitative estimate of drug-likeness (QED) is 0.674. The molecule has 2 atom stereocenters. The van der Waals surface area contributed by atoms with Crippen LogP contribution in [0.4, 0.5) is 0 Å². The van der Waals surface area contributed by atoms with Gasteiger partial charge in [0.15, 0.2) is 0 Å². The highest BCUT2D eigenvalue weighted by Crippen LogP contribution is 2.16. The van der Waals surface area contributed by atoms with Gasteiger partial charge in [-0.3, -0.25) is 0 Å². The third-order valence-electron chi connectivity index (χ3n) is 2.80. The molecule has 1 rings (SSSR count). The number of aliphatic hydroxyl groups is 1. The van der Waals surface area contributed by atoms with E-state index < -0.39 is 6.10 Å². The Morgan fingerprint density at radius 3 is 2.47 bits per heavy atom. The normalized spacial score (nSPS) is 14.1. The monoisotopic (exact) mass is 267 g/mol. The molecule has 0 amide bonds. The van der Waals surface area contributed by atoms with Crippen molar-refractivity contribution in [1.82, 2.24) is 0 Å². The van der Waals surface area contributed by atoms with Gasteiger partial charge in [0.25, 0.3) is 0 Å². The molecule has 3 N–H and O–H groups in total. The average molecular weight is 267 g/mol. The lowest BCUT2D eigenvalue weighted by atomic mass is 10.1. The average Bonchev–Trinajstić information content (AvgIpc) is 2.42. The van der Waals surface area contributed by atoms with E-state index in [0.717, 1.165) is 24.2 Å². The molecule has 0 aromatic heterocycles. The van der Waals surface area contributed by atoms with E-state index >= 15 is 0 Å². The molecule has 0 saturated carbocycles. The second kappa shape index (κ2) is 8.91. The summed E-state index contributed by atoms with van der Waals surface area (Å²) in [5.74, 6) is 0.733. The summed E-state index contributed by atoms with van der Waals surface area (Å²) in [5, 5.41) is 9.68. The minimum Gasteiger partial charge on any atom is -0.491 e. The van der Waals surface area contributed by atoms with Crippen molar-refractivity contribution < 1.29 is 14.6 Å². The molecule has 0 aliphatic rings. The van der Waals surface area contributed by atoms with Crippen LogP contribution >= 0.6 is 0 Å². The summed E-state index contributed by atoms with van der Waals surface area (Å²) >= 11 is 0. The predicted molar refractivity (Wildman–Crippen MR) is 76.3 cm³/mol. The van der Waals surface area contributed by atoms with Crippen LogP contribution in [0.3, 0.4) is 0 Å². The first kappa shape index (κ1) is 16.0. The largest absolute Gasteiger partial charge is 0.491 e. The van der Waals surface area contributed by atoms with Gasteiger partial charge in [0.05, 0.1) is 6.61 Å². The molecular weight excluding hydrogens is 242 g/mol. The molecule has 2 unspecified atom stereocenters. The summed E-state index contributed by atoms with van der Waals surface area (Å²) in [7, 11) is 0. The van der Waals surface area contributed by atoms with Crippen molar-refractivity contribution in [2.75, 3.05) is 19.8 Å². The lowest BCUT2D eigenvalue weighted by Gasteiger charge is -2.13. The first-order chi connectivity index (χ1) is 9.13. The number of aliphatic hydroxyl groups excluding tert-OH is 1. The Hall–Kier alpha value is -1.10. The van der Waals surface area contributed by atoms with Crippen LogP contribution in [-0.4, -0.2) is 31.0 Å². The summed E-state index contributed by atoms with van der Waals surface area (Å²) < 4.78 is 10.8. The maximum Gasteiger partial charge on any atom is 0.119 e. The molecule has 19 heavy (non-hydrogen) atoms. The third kappa shape index (κ3) is 6.57. The SMILES string of the molecule is CCCCOCC(O)COc1ccc(C(C)N)cc1. The molecule has 0 fully saturated rings. The molecule has 108 valence electrons. The van der Waals surface area contributed by atoms with E-state index in [1.54, 1.807) is 0 Å². The molecule has 0 aliphatic heterocycles. The van der Waals surface area contributed by atoms with Crippen LogP contribution in [0, 0.1) is 0 Å². The molecule has 0 saturated heterocycles. The smallest absolute Gasteiger partial charge is 0.119 e. The van der Waals surface area contributed by atoms with Gasteiger partial charge in [0.2, 0.25) is 0 Å². The van der Waals surface area contributed by atoms with Crippen molar-refractivity contribution in [3.8, 4) is 5.75 Å². The molecule has 0 spiro atoms. The Morgan fingerprint density at radius 1 is 1.21 bits per heavy atom. The van der Waals surface area contributed by atoms with Crippen LogP contribution in [0.1, 0.15) is 38.3 Å². The van der Waals surface area contributed by atoms with Crippen molar-refractivity contribution in [2.24, 2.45) is 5.73 Å². The van der Waals surface area contributed by atoms with Gasteiger partial charge in [0.1, 0.15) is 18.5 Å². The molecular formula is C15H25NO3. The minimum absolute atomic E-state index is 0.0200. The number of rotatable bonds is 9. The fraction of sp³-hybridized carbons (Fsp3) is 0.600. The van der Waals surface area contributed by atoms with Crippen LogP contribution in [-0.2, 0) is 4.74 Å². The van der Waals surface area contributed by atoms with E-state index in [1.165, 1.54) is 0 Å². The summed E-state index contributed by atoms with van der Waals surface area (Å²) in [6.45, 7) is 5.29. The van der Waals surface area contributed by atoms with E-state index in [4.69, 9.17) is 15.2 Å². The Morgan fingerprint density at radius 2 is 1.89 bits per heavy atom. The van der Waals surface area contributed by atoms with Gasteiger partial charge < -0.3 is 20.3 Å². The Kier molecular flexibility index (Phi) is 7.48. The maximum atomic E-state index is 9.68. The van der Waals surface area contributed by atoms with Gasteiger partial charge >= 0.3 is 0 Å². The zero-order chi connectivity index (χ0) is 14.1. The van der Waals surface area contributed by atoms with Crippen molar-refractivity contribution in [2.45, 2.75) is 38.8 Å². The van der Waals surface area contributed by atoms with E-state index in [9.17, 15) is 5.11 Å². The first-order valence-corrected chi connectivity index (χ1v) is 6.87. The molecule has 0 aliphatic carbocycles. The maximum absolute atomic E-state index is 9.68. The summed E-state index contributed by atoms with van der Waals surface area (Å²) in [5.41, 5.74) is 6.83. The summed E-state index contributed by atoms with van der Waals surface area (Å²) in [4.78, 5) is 0. The van der Waals surface area contributed by atoms with Crippen molar-refractivity contribution in [1.29, 1.82) is 0 Å². The zero-order valence-corrected chi connectivity index (χ0v) is 11.8. The third-order valence-corrected chi connectivity index (χ3v) is 2.80. The number of ether oxygens (including phenoxy) is 2. The van der Waals surface area contributed by atoms with E-state index in [-0.39, 0.29) is 12.6 Å². The standard InChI is InChI=1S/C15H25NO3/c1-3-4-9-18-10-14(17)11-19-15-7-5-13(6-8-15)12(2)16/h5-8,12,14,17H,3-4,9-11,16H2,1-2H3. The van der Waals surface area contributed by atoms with Crippen LogP contribution in [0.15, 0.2) is 24.3 Å². The van der Waals surface area contributed by atoms with Gasteiger partial charge in [0, 0.05) is 12.6 Å². The van der Waals surface area contributed by atoms with Gasteiger partial charge in [-0.15, -0.1) is 0 Å². The summed E-state index contributed by atoms with van der Waals surface area (Å²) in [6.07, 6.45) is 1.52. The predicted octanol–water partition coefficient (Wildman–Crippen LogP) is 2.26. The van der Waals surface area contributed by atoms with Crippen molar-refractivity contribution in [3.63, 3.8) is 0 Å². The number of nitrogens with two attached hydrogens (primary N) is 1. The first-order valence-electron chi connectivity index (χ1n) is 6.87. The van der Waals surface area contributed by atoms with Gasteiger partial charge in [-0.25, -0.2) is 0 Å². The second-order valence-corrected chi connectivity index (χ2v) is 4.75. The fourth-order valence-electron chi connectivity index (χ4n) is 1.57. The summed E-state index contributed by atoms with van der Waals surface area (Å²) in [6, 6.07) is 7.62. The van der Waals surface area contributed by atoms with Crippen molar-refractivity contribution in [3.05, 3.63) is 29.8 Å². The topological polar surface area (TPSA) is 64.7 Å². The fourth-order valence-corrected chi connectivity index (χ4v) is 1.57. The van der Waals surface area contributed by atoms with E-state index in [2.05, 4.69) is 6.92 Å². The highest BCUT2D eigenvalue weighted by Gasteiger charge is 2.06. The van der Waals surface area contributed by atoms with Crippen LogP contribution in [0.5, 0.6) is 5.75 Å². The Labute approximate surface area is 115 Å². The van der Waals surface area contributed by atoms with Gasteiger partial charge in [-0.1, -0.05) is 25.5 Å². The molecule has 0 heterocycles. The second-order valence-electron chi connectivity index (χ2n) is 4.75. The molecule has 4 nitrogen and oxygen atoms in total. The lowest BCUT2D eigenvalue weighted by Crippen LogP contribution is -2.23. The lowest BCUT2D eigenvalue weighted by molar-refractivity contribution is 0.0113. The van der Waals surface area contributed by atoms with Crippen LogP contribution < -0.4 is 10.5 Å². The number of hydrogen-bond acceptors (Lipinski definition) is 4. The highest BCUT2D eigenvalue weighted by molar-refractivity contribution is 5.28. The molecule has 1 aromatic carbocycles. The molecule has 1 aromatic rings. The van der Waals surface area contributed by atoms with Gasteiger partial charge in [-0.05, 0) is 31.0 Å².